The van der Waals surface area contributed by atoms with Gasteiger partial charge >= 0.3 is 0 Å². The molecule has 6 nitrogen and oxygen atoms in total. The van der Waals surface area contributed by atoms with Crippen molar-refractivity contribution in [3.63, 3.8) is 0 Å². The first-order valence-electron chi connectivity index (χ1n) is 4.26. The van der Waals surface area contributed by atoms with Crippen molar-refractivity contribution in [2.75, 3.05) is 12.4 Å². The summed E-state index contributed by atoms with van der Waals surface area (Å²) in [5, 5.41) is 2.39. The first kappa shape index (κ1) is 12.5. The summed E-state index contributed by atoms with van der Waals surface area (Å²) in [5.41, 5.74) is 0.916. The summed E-state index contributed by atoms with van der Waals surface area (Å²) >= 11 is 0. The fourth-order valence-corrected chi connectivity index (χ4v) is 1.96. The number of nitrogens with one attached hydrogen (secondary N) is 1. The molecule has 0 fully saturated rings. The van der Waals surface area contributed by atoms with Crippen molar-refractivity contribution < 1.29 is 22.5 Å². The molecule has 0 aliphatic heterocycles. The SMILES string of the molecule is COc1cc(NC=O)c(C)cc1S(=O)(=O)O. The minimum atomic E-state index is -4.34. The fourth-order valence-electron chi connectivity index (χ4n) is 1.24. The number of hydrogen-bond donors (Lipinski definition) is 2. The van der Waals surface area contributed by atoms with Crippen molar-refractivity contribution in [1.82, 2.24) is 0 Å². The first-order chi connectivity index (χ1) is 7.40. The van der Waals surface area contributed by atoms with E-state index in [1.807, 2.05) is 0 Å². The normalized spacial score (nSPS) is 10.9. The molecule has 1 aromatic rings. The van der Waals surface area contributed by atoms with Crippen LogP contribution in [0.3, 0.4) is 0 Å². The number of amides is 1. The van der Waals surface area contributed by atoms with Crippen LogP contribution in [0.25, 0.3) is 0 Å². The molecule has 1 aromatic carbocycles. The third-order valence-corrected chi connectivity index (χ3v) is 2.88. The van der Waals surface area contributed by atoms with Crippen LogP contribution in [0, 0.1) is 6.92 Å². The molecular weight excluding hydrogens is 234 g/mol. The van der Waals surface area contributed by atoms with Crippen LogP contribution in [0.1, 0.15) is 5.56 Å². The number of methoxy groups -OCH3 is 1. The maximum atomic E-state index is 11.0. The Morgan fingerprint density at radius 1 is 1.44 bits per heavy atom. The summed E-state index contributed by atoms with van der Waals surface area (Å²) in [7, 11) is -3.07. The molecular formula is C9H11NO5S. The summed E-state index contributed by atoms with van der Waals surface area (Å²) < 4.78 is 35.8. The van der Waals surface area contributed by atoms with Crippen molar-refractivity contribution in [3.05, 3.63) is 17.7 Å². The van der Waals surface area contributed by atoms with Crippen LogP contribution in [0.4, 0.5) is 5.69 Å². The molecule has 0 heterocycles. The van der Waals surface area contributed by atoms with Crippen LogP contribution in [0.15, 0.2) is 17.0 Å². The molecule has 0 atom stereocenters. The molecule has 0 aliphatic carbocycles. The number of aryl methyl sites for hydroxylation is 1. The van der Waals surface area contributed by atoms with Crippen molar-refractivity contribution in [3.8, 4) is 5.75 Å². The third-order valence-electron chi connectivity index (χ3n) is 2.00. The van der Waals surface area contributed by atoms with E-state index in [2.05, 4.69) is 5.32 Å². The van der Waals surface area contributed by atoms with Gasteiger partial charge in [-0.15, -0.1) is 0 Å². The minimum absolute atomic E-state index is 0.0301. The molecule has 0 bridgehead atoms. The van der Waals surface area contributed by atoms with Gasteiger partial charge < -0.3 is 10.1 Å². The summed E-state index contributed by atoms with van der Waals surface area (Å²) in [5.74, 6) is -0.0301. The molecule has 0 saturated heterocycles. The lowest BCUT2D eigenvalue weighted by molar-refractivity contribution is -0.105. The summed E-state index contributed by atoms with van der Waals surface area (Å²) in [4.78, 5) is 9.96. The van der Waals surface area contributed by atoms with Gasteiger partial charge in [-0.1, -0.05) is 0 Å². The standard InChI is InChI=1S/C9H11NO5S/c1-6-3-9(16(12,13)14)8(15-2)4-7(6)10-5-11/h3-5H,1-2H3,(H,10,11)(H,12,13,14). The van der Waals surface area contributed by atoms with Gasteiger partial charge in [0, 0.05) is 11.8 Å². The molecule has 0 aromatic heterocycles. The quantitative estimate of drug-likeness (QED) is 0.605. The van der Waals surface area contributed by atoms with E-state index in [1.54, 1.807) is 6.92 Å². The van der Waals surface area contributed by atoms with E-state index >= 15 is 0 Å². The smallest absolute Gasteiger partial charge is 0.298 e. The highest BCUT2D eigenvalue weighted by Gasteiger charge is 2.18. The summed E-state index contributed by atoms with van der Waals surface area (Å²) in [6, 6.07) is 2.55. The maximum absolute atomic E-state index is 11.0. The first-order valence-corrected chi connectivity index (χ1v) is 5.70. The summed E-state index contributed by atoms with van der Waals surface area (Å²) in [6.07, 6.45) is 0.467. The van der Waals surface area contributed by atoms with Crippen molar-refractivity contribution in [1.29, 1.82) is 0 Å². The lowest BCUT2D eigenvalue weighted by Crippen LogP contribution is -2.04. The molecule has 88 valence electrons. The van der Waals surface area contributed by atoms with Crippen LogP contribution < -0.4 is 10.1 Å². The van der Waals surface area contributed by atoms with E-state index in [0.29, 0.717) is 17.7 Å². The van der Waals surface area contributed by atoms with E-state index in [9.17, 15) is 13.2 Å². The van der Waals surface area contributed by atoms with Gasteiger partial charge in [0.05, 0.1) is 7.11 Å². The highest BCUT2D eigenvalue weighted by atomic mass is 32.2. The molecule has 0 radical (unpaired) electrons. The number of anilines is 1. The molecule has 1 rings (SSSR count). The van der Waals surface area contributed by atoms with Crippen LogP contribution in [-0.4, -0.2) is 26.5 Å². The third kappa shape index (κ3) is 2.50. The average Bonchev–Trinajstić information content (AvgIpc) is 2.19. The number of ether oxygens (including phenoxy) is 1. The maximum Gasteiger partial charge on any atom is 0.298 e. The molecule has 0 saturated carbocycles. The van der Waals surface area contributed by atoms with Gasteiger partial charge in [-0.25, -0.2) is 0 Å². The zero-order chi connectivity index (χ0) is 12.3. The van der Waals surface area contributed by atoms with Crippen LogP contribution in [0.5, 0.6) is 5.75 Å². The number of carbonyl (C=O) groups is 1. The Morgan fingerprint density at radius 3 is 2.50 bits per heavy atom. The Bertz CT molecular complexity index is 509. The van der Waals surface area contributed by atoms with Crippen molar-refractivity contribution >= 4 is 22.2 Å². The monoisotopic (exact) mass is 245 g/mol. The Labute approximate surface area is 93.0 Å². The lowest BCUT2D eigenvalue weighted by Gasteiger charge is -2.10. The number of hydrogen-bond acceptors (Lipinski definition) is 4. The number of rotatable bonds is 4. The minimum Gasteiger partial charge on any atom is -0.495 e. The Balaban J connectivity index is 3.43. The second-order valence-electron chi connectivity index (χ2n) is 3.06. The fraction of sp³-hybridized carbons (Fsp3) is 0.222. The number of carbonyl (C=O) groups excluding carboxylic acids is 1. The Kier molecular flexibility index (Phi) is 3.51. The van der Waals surface area contributed by atoms with E-state index in [0.717, 1.165) is 0 Å². The predicted octanol–water partition coefficient (Wildman–Crippen LogP) is 0.819. The predicted molar refractivity (Wildman–Crippen MR) is 57.2 cm³/mol. The molecule has 0 spiro atoms. The second kappa shape index (κ2) is 4.50. The zero-order valence-corrected chi connectivity index (χ0v) is 9.54. The van der Waals surface area contributed by atoms with Crippen LogP contribution >= 0.6 is 0 Å². The van der Waals surface area contributed by atoms with Crippen LogP contribution in [-0.2, 0) is 14.9 Å². The van der Waals surface area contributed by atoms with Crippen molar-refractivity contribution in [2.45, 2.75) is 11.8 Å². The molecule has 0 aliphatic rings. The Morgan fingerprint density at radius 2 is 2.06 bits per heavy atom. The van der Waals surface area contributed by atoms with Crippen molar-refractivity contribution in [2.24, 2.45) is 0 Å². The molecule has 0 unspecified atom stereocenters. The largest absolute Gasteiger partial charge is 0.495 e. The van der Waals surface area contributed by atoms with E-state index in [-0.39, 0.29) is 10.6 Å². The zero-order valence-electron chi connectivity index (χ0n) is 8.72. The van der Waals surface area contributed by atoms with E-state index < -0.39 is 10.1 Å². The van der Waals surface area contributed by atoms with Gasteiger partial charge in [0.1, 0.15) is 10.6 Å². The van der Waals surface area contributed by atoms with Crippen LogP contribution in [0.2, 0.25) is 0 Å². The highest BCUT2D eigenvalue weighted by molar-refractivity contribution is 7.86. The topological polar surface area (TPSA) is 92.7 Å². The average molecular weight is 245 g/mol. The molecule has 16 heavy (non-hydrogen) atoms. The lowest BCUT2D eigenvalue weighted by atomic mass is 10.2. The molecule has 7 heteroatoms. The highest BCUT2D eigenvalue weighted by Crippen LogP contribution is 2.29. The number of benzene rings is 1. The second-order valence-corrected chi connectivity index (χ2v) is 4.45. The Hall–Kier alpha value is -1.60. The van der Waals surface area contributed by atoms with Gasteiger partial charge in [-0.05, 0) is 18.6 Å². The van der Waals surface area contributed by atoms with E-state index in [1.165, 1.54) is 19.2 Å². The molecule has 2 N–H and O–H groups in total. The van der Waals surface area contributed by atoms with Gasteiger partial charge in [-0.2, -0.15) is 8.42 Å². The van der Waals surface area contributed by atoms with Gasteiger partial charge in [0.25, 0.3) is 10.1 Å². The summed E-state index contributed by atoms with van der Waals surface area (Å²) in [6.45, 7) is 1.60. The molecule has 1 amide bonds. The van der Waals surface area contributed by atoms with Gasteiger partial charge in [0.15, 0.2) is 0 Å². The van der Waals surface area contributed by atoms with Gasteiger partial charge in [-0.3, -0.25) is 9.35 Å². The van der Waals surface area contributed by atoms with Gasteiger partial charge in [0.2, 0.25) is 6.41 Å². The van der Waals surface area contributed by atoms with E-state index in [4.69, 9.17) is 9.29 Å².